The highest BCUT2D eigenvalue weighted by molar-refractivity contribution is 5.64. The maximum atomic E-state index is 14.7. The van der Waals surface area contributed by atoms with Gasteiger partial charge in [-0.25, -0.2) is 9.37 Å². The Balaban J connectivity index is 1.29. The van der Waals surface area contributed by atoms with Crippen molar-refractivity contribution in [1.29, 1.82) is 0 Å². The molecule has 2 bridgehead atoms. The van der Waals surface area contributed by atoms with Crippen molar-refractivity contribution < 1.29 is 4.39 Å². The summed E-state index contributed by atoms with van der Waals surface area (Å²) in [5.41, 5.74) is 3.40. The molecule has 2 saturated carbocycles. The molecule has 2 heterocycles. The zero-order valence-electron chi connectivity index (χ0n) is 21.0. The van der Waals surface area contributed by atoms with Gasteiger partial charge in [0.1, 0.15) is 0 Å². The van der Waals surface area contributed by atoms with Crippen LogP contribution in [0.15, 0.2) is 24.4 Å². The molecule has 5 atom stereocenters. The van der Waals surface area contributed by atoms with Gasteiger partial charge in [-0.15, -0.1) is 0 Å². The Bertz CT molecular complexity index is 1000. The second-order valence-electron chi connectivity index (χ2n) is 11.1. The second-order valence-corrected chi connectivity index (χ2v) is 11.1. The molecule has 5 rings (SSSR count). The van der Waals surface area contributed by atoms with Crippen molar-refractivity contribution in [3.63, 3.8) is 0 Å². The Morgan fingerprint density at radius 2 is 1.82 bits per heavy atom. The van der Waals surface area contributed by atoms with Gasteiger partial charge in [0.2, 0.25) is 5.95 Å². The molecule has 0 amide bonds. The molecular weight excluding hydrogens is 427 g/mol. The molecule has 2 N–H and O–H groups in total. The third-order valence-corrected chi connectivity index (χ3v) is 8.25. The maximum absolute atomic E-state index is 14.7. The third-order valence-electron chi connectivity index (χ3n) is 8.25. The lowest BCUT2D eigenvalue weighted by atomic mass is 9.63. The smallest absolute Gasteiger partial charge is 0.229 e. The van der Waals surface area contributed by atoms with Crippen LogP contribution < -0.4 is 15.5 Å². The molecule has 1 aliphatic heterocycles. The van der Waals surface area contributed by atoms with Gasteiger partial charge in [0, 0.05) is 43.6 Å². The Morgan fingerprint density at radius 3 is 2.59 bits per heavy atom. The molecule has 1 aromatic heterocycles. The molecule has 5 unspecified atom stereocenters. The lowest BCUT2D eigenvalue weighted by Crippen LogP contribution is -2.45. The van der Waals surface area contributed by atoms with Crippen molar-refractivity contribution >= 4 is 23.1 Å². The summed E-state index contributed by atoms with van der Waals surface area (Å²) in [7, 11) is 2.17. The molecule has 0 radical (unpaired) electrons. The Kier molecular flexibility index (Phi) is 6.65. The van der Waals surface area contributed by atoms with Crippen LogP contribution in [0, 0.1) is 36.4 Å². The van der Waals surface area contributed by atoms with E-state index in [9.17, 15) is 4.39 Å². The Labute approximate surface area is 203 Å². The first-order chi connectivity index (χ1) is 16.4. The molecule has 0 spiro atoms. The number of anilines is 4. The fraction of sp³-hybridized carbons (Fsp3) is 0.630. The first-order valence-corrected chi connectivity index (χ1v) is 13.0. The van der Waals surface area contributed by atoms with Gasteiger partial charge < -0.3 is 20.4 Å². The summed E-state index contributed by atoms with van der Waals surface area (Å²) in [5.74, 6) is 3.05. The number of nitrogens with one attached hydrogen (secondary N) is 2. The van der Waals surface area contributed by atoms with Gasteiger partial charge in [0.05, 0.1) is 6.20 Å². The van der Waals surface area contributed by atoms with Crippen molar-refractivity contribution in [2.24, 2.45) is 23.7 Å². The quantitative estimate of drug-likeness (QED) is 0.624. The fourth-order valence-electron chi connectivity index (χ4n) is 6.64. The molecular formula is C27H39FN6. The van der Waals surface area contributed by atoms with Crippen LogP contribution in [0.1, 0.15) is 45.1 Å². The predicted octanol–water partition coefficient (Wildman–Crippen LogP) is 5.29. The summed E-state index contributed by atoms with van der Waals surface area (Å²) in [4.78, 5) is 13.6. The number of hydrogen-bond donors (Lipinski definition) is 2. The Morgan fingerprint density at radius 1 is 1.03 bits per heavy atom. The van der Waals surface area contributed by atoms with E-state index in [4.69, 9.17) is 0 Å². The van der Waals surface area contributed by atoms with Gasteiger partial charge in [-0.05, 0) is 87.1 Å². The van der Waals surface area contributed by atoms with Gasteiger partial charge in [-0.3, -0.25) is 0 Å². The summed E-state index contributed by atoms with van der Waals surface area (Å²) >= 11 is 0. The highest BCUT2D eigenvalue weighted by Gasteiger charge is 2.40. The fourth-order valence-corrected chi connectivity index (χ4v) is 6.64. The summed E-state index contributed by atoms with van der Waals surface area (Å²) in [6.45, 7) is 11.0. The topological polar surface area (TPSA) is 56.3 Å². The number of halogens is 1. The summed E-state index contributed by atoms with van der Waals surface area (Å²) < 4.78 is 14.7. The number of nitrogens with zero attached hydrogens (tertiary/aromatic N) is 4. The van der Waals surface area contributed by atoms with E-state index in [0.717, 1.165) is 43.7 Å². The van der Waals surface area contributed by atoms with E-state index in [1.807, 2.05) is 0 Å². The van der Waals surface area contributed by atoms with Crippen LogP contribution in [-0.2, 0) is 0 Å². The van der Waals surface area contributed by atoms with Crippen LogP contribution in [0.3, 0.4) is 0 Å². The van der Waals surface area contributed by atoms with Gasteiger partial charge >= 0.3 is 0 Å². The van der Waals surface area contributed by atoms with Crippen molar-refractivity contribution in [2.75, 3.05) is 48.8 Å². The molecule has 7 heteroatoms. The Hall–Kier alpha value is -2.41. The minimum Gasteiger partial charge on any atom is -0.369 e. The van der Waals surface area contributed by atoms with Gasteiger partial charge in [0.25, 0.3) is 0 Å². The number of piperazine rings is 1. The van der Waals surface area contributed by atoms with E-state index in [0.29, 0.717) is 23.6 Å². The number of hydrogen-bond acceptors (Lipinski definition) is 6. The van der Waals surface area contributed by atoms with E-state index >= 15 is 0 Å². The molecule has 184 valence electrons. The van der Waals surface area contributed by atoms with E-state index in [-0.39, 0.29) is 11.9 Å². The highest BCUT2D eigenvalue weighted by Crippen LogP contribution is 2.45. The second kappa shape index (κ2) is 9.68. The lowest BCUT2D eigenvalue weighted by Gasteiger charge is -2.46. The number of fused-ring (bicyclic) bond motifs is 2. The maximum Gasteiger partial charge on any atom is 0.229 e. The lowest BCUT2D eigenvalue weighted by molar-refractivity contribution is 0.0961. The van der Waals surface area contributed by atoms with Crippen molar-refractivity contribution in [1.82, 2.24) is 14.9 Å². The van der Waals surface area contributed by atoms with Crippen LogP contribution in [0.5, 0.6) is 0 Å². The van der Waals surface area contributed by atoms with Gasteiger partial charge in [-0.2, -0.15) is 4.98 Å². The molecule has 2 aromatic rings. The van der Waals surface area contributed by atoms with Crippen molar-refractivity contribution in [2.45, 2.75) is 52.5 Å². The summed E-state index contributed by atoms with van der Waals surface area (Å²) in [5, 5.41) is 6.78. The normalized spacial score (nSPS) is 29.7. The van der Waals surface area contributed by atoms with Gasteiger partial charge in [-0.1, -0.05) is 13.8 Å². The van der Waals surface area contributed by atoms with Crippen molar-refractivity contribution in [3.8, 4) is 0 Å². The van der Waals surface area contributed by atoms with Crippen LogP contribution in [-0.4, -0.2) is 54.1 Å². The first-order valence-electron chi connectivity index (χ1n) is 13.0. The number of rotatable bonds is 5. The molecule has 6 nitrogen and oxygen atoms in total. The average molecular weight is 467 g/mol. The molecule has 3 aliphatic rings. The van der Waals surface area contributed by atoms with E-state index in [2.05, 4.69) is 76.4 Å². The number of likely N-dealkylation sites (N-methyl/N-ethyl adjacent to an activating group) is 1. The van der Waals surface area contributed by atoms with E-state index < -0.39 is 0 Å². The van der Waals surface area contributed by atoms with Crippen LogP contribution in [0.4, 0.5) is 27.5 Å². The first kappa shape index (κ1) is 23.3. The molecule has 2 aliphatic carbocycles. The van der Waals surface area contributed by atoms with E-state index in [1.54, 1.807) is 0 Å². The number of aryl methyl sites for hydroxylation is 1. The van der Waals surface area contributed by atoms with Crippen molar-refractivity contribution in [3.05, 3.63) is 35.8 Å². The van der Waals surface area contributed by atoms with Crippen LogP contribution in [0.2, 0.25) is 0 Å². The minimum atomic E-state index is -0.384. The monoisotopic (exact) mass is 466 g/mol. The zero-order valence-corrected chi connectivity index (χ0v) is 21.0. The molecule has 34 heavy (non-hydrogen) atoms. The summed E-state index contributed by atoms with van der Waals surface area (Å²) in [6.07, 6.45) is 6.31. The SMILES string of the molecule is Cc1cc(Nc2ncc(F)c(NC3C(C)CC4CC(C)CC3C4)n2)ccc1N1CCN(C)CC1. The van der Waals surface area contributed by atoms with Crippen LogP contribution in [0.25, 0.3) is 0 Å². The largest absolute Gasteiger partial charge is 0.369 e. The molecule has 3 fully saturated rings. The predicted molar refractivity (Wildman–Crippen MR) is 137 cm³/mol. The number of aromatic nitrogens is 2. The highest BCUT2D eigenvalue weighted by atomic mass is 19.1. The molecule has 1 aromatic carbocycles. The summed E-state index contributed by atoms with van der Waals surface area (Å²) in [6, 6.07) is 6.62. The molecule has 1 saturated heterocycles. The third kappa shape index (κ3) is 4.99. The number of benzene rings is 1. The standard InChI is InChI=1S/C27H39FN6/c1-17-11-20-13-19(3)25(21(12-17)15-20)31-26-23(28)16-29-27(32-26)30-22-5-6-24(18(2)14-22)34-9-7-33(4)8-10-34/h5-6,14,16-17,19-21,25H,7-13,15H2,1-4H3,(H2,29,30,31,32). The van der Waals surface area contributed by atoms with E-state index in [1.165, 1.54) is 43.1 Å². The average Bonchev–Trinajstić information content (AvgIpc) is 2.79. The minimum absolute atomic E-state index is 0.265. The van der Waals surface area contributed by atoms with Crippen LogP contribution >= 0.6 is 0 Å². The van der Waals surface area contributed by atoms with Gasteiger partial charge in [0.15, 0.2) is 11.6 Å². The zero-order chi connectivity index (χ0) is 23.8.